The van der Waals surface area contributed by atoms with Crippen LogP contribution in [0.1, 0.15) is 33.4 Å². The first-order chi connectivity index (χ1) is 17.1. The van der Waals surface area contributed by atoms with Crippen LogP contribution in [0.4, 0.5) is 17.1 Å². The average Bonchev–Trinajstić information content (AvgIpc) is 3.42. The Bertz CT molecular complexity index is 1540. The fourth-order valence-electron chi connectivity index (χ4n) is 5.79. The van der Waals surface area contributed by atoms with Gasteiger partial charge in [-0.05, 0) is 120 Å². The van der Waals surface area contributed by atoms with E-state index in [1.807, 2.05) is 0 Å². The lowest BCUT2D eigenvalue weighted by Crippen LogP contribution is -2.10. The number of aryl methyl sites for hydroxylation is 2. The molecule has 0 N–H and O–H groups in total. The normalized spacial score (nSPS) is 12.6. The molecule has 0 radical (unpaired) electrons. The highest BCUT2D eigenvalue weighted by molar-refractivity contribution is 5.87. The van der Waals surface area contributed by atoms with Gasteiger partial charge in [-0.1, -0.05) is 65.7 Å². The zero-order valence-electron chi connectivity index (χ0n) is 20.2. The maximum absolute atomic E-state index is 2.45. The second-order valence-electron chi connectivity index (χ2n) is 10.0. The molecule has 7 rings (SSSR count). The topological polar surface area (TPSA) is 3.24 Å². The Balaban J connectivity index is 1.31. The lowest BCUT2D eigenvalue weighted by atomic mass is 9.98. The molecule has 0 amide bonds. The highest BCUT2D eigenvalue weighted by Crippen LogP contribution is 2.46. The van der Waals surface area contributed by atoms with Gasteiger partial charge < -0.3 is 4.90 Å². The van der Waals surface area contributed by atoms with Crippen LogP contribution in [-0.4, -0.2) is 0 Å². The van der Waals surface area contributed by atoms with Crippen molar-refractivity contribution in [2.75, 3.05) is 4.90 Å². The van der Waals surface area contributed by atoms with Crippen molar-refractivity contribution in [2.45, 2.75) is 26.7 Å². The third kappa shape index (κ3) is 3.31. The van der Waals surface area contributed by atoms with Gasteiger partial charge in [-0.15, -0.1) is 0 Å². The minimum atomic E-state index is 0.990. The Kier molecular flexibility index (Phi) is 4.47. The number of hydrogen-bond acceptors (Lipinski definition) is 1. The van der Waals surface area contributed by atoms with E-state index < -0.39 is 0 Å². The number of anilines is 3. The molecular weight excluding hydrogens is 422 g/mol. The standard InChI is InChI=1S/C34H27N/c1-22-7-11-28(12-8-22)35(29-13-9-23(2)10-14-29)30-15-16-32-25(19-30)18-27-21-33-26(20-34(27)32)17-24-5-3-4-6-31(24)33/h3-16,19-21H,17-18H2,1-2H3. The van der Waals surface area contributed by atoms with Crippen LogP contribution in [0.3, 0.4) is 0 Å². The predicted molar refractivity (Wildman–Crippen MR) is 147 cm³/mol. The maximum Gasteiger partial charge on any atom is 0.0464 e. The summed E-state index contributed by atoms with van der Waals surface area (Å²) >= 11 is 0. The molecule has 0 heterocycles. The fraction of sp³-hybridized carbons (Fsp3) is 0.118. The summed E-state index contributed by atoms with van der Waals surface area (Å²) in [5, 5.41) is 0. The smallest absolute Gasteiger partial charge is 0.0464 e. The quantitative estimate of drug-likeness (QED) is 0.260. The van der Waals surface area contributed by atoms with Gasteiger partial charge in [-0.2, -0.15) is 0 Å². The van der Waals surface area contributed by atoms with Crippen LogP contribution in [0.5, 0.6) is 0 Å². The molecule has 0 fully saturated rings. The zero-order valence-corrected chi connectivity index (χ0v) is 20.2. The molecule has 5 aromatic rings. The first kappa shape index (κ1) is 20.3. The largest absolute Gasteiger partial charge is 0.310 e. The van der Waals surface area contributed by atoms with E-state index in [0.717, 1.165) is 12.8 Å². The van der Waals surface area contributed by atoms with Crippen molar-refractivity contribution in [3.05, 3.63) is 137 Å². The number of fused-ring (bicyclic) bond motifs is 6. The minimum absolute atomic E-state index is 0.990. The first-order valence-corrected chi connectivity index (χ1v) is 12.4. The van der Waals surface area contributed by atoms with E-state index in [0.29, 0.717) is 0 Å². The van der Waals surface area contributed by atoms with E-state index in [-0.39, 0.29) is 0 Å². The molecule has 0 saturated carbocycles. The minimum Gasteiger partial charge on any atom is -0.310 e. The monoisotopic (exact) mass is 449 g/mol. The van der Waals surface area contributed by atoms with Crippen LogP contribution in [0.2, 0.25) is 0 Å². The van der Waals surface area contributed by atoms with Crippen molar-refractivity contribution in [1.29, 1.82) is 0 Å². The summed E-state index contributed by atoms with van der Waals surface area (Å²) < 4.78 is 0. The SMILES string of the molecule is Cc1ccc(N(c2ccc(C)cc2)c2ccc3c(c2)Cc2cc4c(cc2-3)Cc2ccccc2-4)cc1. The summed E-state index contributed by atoms with van der Waals surface area (Å²) in [4.78, 5) is 2.37. The third-order valence-corrected chi connectivity index (χ3v) is 7.62. The average molecular weight is 450 g/mol. The van der Waals surface area contributed by atoms with E-state index in [1.165, 1.54) is 72.7 Å². The second-order valence-corrected chi connectivity index (χ2v) is 10.0. The summed E-state index contributed by atoms with van der Waals surface area (Å²) in [5.41, 5.74) is 17.5. The fourth-order valence-corrected chi connectivity index (χ4v) is 5.79. The van der Waals surface area contributed by atoms with Crippen molar-refractivity contribution in [3.63, 3.8) is 0 Å². The Morgan fingerprint density at radius 2 is 0.914 bits per heavy atom. The molecule has 1 heteroatoms. The van der Waals surface area contributed by atoms with Crippen LogP contribution >= 0.6 is 0 Å². The van der Waals surface area contributed by atoms with E-state index in [9.17, 15) is 0 Å². The predicted octanol–water partition coefficient (Wildman–Crippen LogP) is 8.92. The van der Waals surface area contributed by atoms with Crippen molar-refractivity contribution in [2.24, 2.45) is 0 Å². The molecule has 0 aliphatic heterocycles. The molecule has 2 aliphatic carbocycles. The summed E-state index contributed by atoms with van der Waals surface area (Å²) in [6, 6.07) is 38.4. The Morgan fingerprint density at radius 1 is 0.429 bits per heavy atom. The van der Waals surface area contributed by atoms with E-state index in [1.54, 1.807) is 0 Å². The van der Waals surface area contributed by atoms with Gasteiger partial charge in [0.15, 0.2) is 0 Å². The zero-order chi connectivity index (χ0) is 23.5. The van der Waals surface area contributed by atoms with Crippen LogP contribution < -0.4 is 4.90 Å². The molecule has 0 saturated heterocycles. The molecule has 0 spiro atoms. The van der Waals surface area contributed by atoms with Gasteiger partial charge in [0.25, 0.3) is 0 Å². The van der Waals surface area contributed by atoms with E-state index in [4.69, 9.17) is 0 Å². The van der Waals surface area contributed by atoms with Gasteiger partial charge in [-0.25, -0.2) is 0 Å². The molecule has 0 bridgehead atoms. The molecule has 5 aromatic carbocycles. The molecule has 35 heavy (non-hydrogen) atoms. The van der Waals surface area contributed by atoms with Crippen molar-refractivity contribution in [1.82, 2.24) is 0 Å². The Morgan fingerprint density at radius 3 is 1.54 bits per heavy atom. The van der Waals surface area contributed by atoms with Crippen molar-refractivity contribution >= 4 is 17.1 Å². The number of benzene rings is 5. The van der Waals surface area contributed by atoms with Gasteiger partial charge in [0.2, 0.25) is 0 Å². The van der Waals surface area contributed by atoms with Crippen LogP contribution in [0, 0.1) is 13.8 Å². The number of hydrogen-bond donors (Lipinski definition) is 0. The summed E-state index contributed by atoms with van der Waals surface area (Å²) in [7, 11) is 0. The summed E-state index contributed by atoms with van der Waals surface area (Å²) in [6.45, 7) is 4.28. The van der Waals surface area contributed by atoms with Crippen LogP contribution in [0.25, 0.3) is 22.3 Å². The Labute approximate surface area is 207 Å². The van der Waals surface area contributed by atoms with Gasteiger partial charge >= 0.3 is 0 Å². The second kappa shape index (κ2) is 7.71. The molecule has 2 aliphatic rings. The lowest BCUT2D eigenvalue weighted by molar-refractivity contribution is 1.22. The van der Waals surface area contributed by atoms with Gasteiger partial charge in [0, 0.05) is 17.1 Å². The highest BCUT2D eigenvalue weighted by Gasteiger charge is 2.26. The molecule has 0 atom stereocenters. The van der Waals surface area contributed by atoms with Gasteiger partial charge in [-0.3, -0.25) is 0 Å². The molecular formula is C34H27N. The molecule has 168 valence electrons. The van der Waals surface area contributed by atoms with Crippen LogP contribution in [0.15, 0.2) is 103 Å². The van der Waals surface area contributed by atoms with Crippen LogP contribution in [-0.2, 0) is 12.8 Å². The molecule has 1 nitrogen and oxygen atoms in total. The maximum atomic E-state index is 2.45. The first-order valence-electron chi connectivity index (χ1n) is 12.4. The highest BCUT2D eigenvalue weighted by atomic mass is 15.1. The summed E-state index contributed by atoms with van der Waals surface area (Å²) in [5.74, 6) is 0. The molecule has 0 aromatic heterocycles. The third-order valence-electron chi connectivity index (χ3n) is 7.62. The number of rotatable bonds is 3. The lowest BCUT2D eigenvalue weighted by Gasteiger charge is -2.26. The number of nitrogens with zero attached hydrogens (tertiary/aromatic N) is 1. The van der Waals surface area contributed by atoms with Gasteiger partial charge in [0.05, 0.1) is 0 Å². The Hall–Kier alpha value is -4.10. The molecule has 0 unspecified atom stereocenters. The van der Waals surface area contributed by atoms with Gasteiger partial charge in [0.1, 0.15) is 0 Å². The van der Waals surface area contributed by atoms with E-state index in [2.05, 4.69) is 122 Å². The van der Waals surface area contributed by atoms with E-state index >= 15 is 0 Å². The van der Waals surface area contributed by atoms with Crippen molar-refractivity contribution < 1.29 is 0 Å². The summed E-state index contributed by atoms with van der Waals surface area (Å²) in [6.07, 6.45) is 2.03. The van der Waals surface area contributed by atoms with Crippen molar-refractivity contribution in [3.8, 4) is 22.3 Å².